The molecule has 0 aliphatic carbocycles. The lowest BCUT2D eigenvalue weighted by atomic mass is 10.1. The van der Waals surface area contributed by atoms with Crippen molar-refractivity contribution in [2.45, 2.75) is 13.0 Å². The summed E-state index contributed by atoms with van der Waals surface area (Å²) in [4.78, 5) is 20.0. The highest BCUT2D eigenvalue weighted by molar-refractivity contribution is 5.84. The molecule has 1 N–H and O–H groups in total. The minimum Gasteiger partial charge on any atom is -0.497 e. The number of benzene rings is 1. The molecule has 1 aromatic carbocycles. The third-order valence-electron chi connectivity index (χ3n) is 4.70. The number of rotatable bonds is 8. The average Bonchev–Trinajstić information content (AvgIpc) is 3.21. The number of ether oxygens (including phenoxy) is 3. The maximum absolute atomic E-state index is 12.0. The molecule has 156 valence electrons. The van der Waals surface area contributed by atoms with Crippen LogP contribution in [0.2, 0.25) is 0 Å². The Balaban J connectivity index is 2.11. The van der Waals surface area contributed by atoms with Crippen molar-refractivity contribution in [3.05, 3.63) is 23.8 Å². The minimum atomic E-state index is -0.0427. The standard InChI is InChI=1S/C20H32N4O4/c1-23(2)19(25)12-22-20(21-11-15-8-9-28-14-15)24(3)13-16-6-7-17(26-4)10-18(16)27-5/h6-7,10,15H,8-9,11-14H2,1-5H3,(H,21,22). The molecule has 1 aliphatic rings. The molecule has 0 saturated carbocycles. The van der Waals surface area contributed by atoms with Crippen LogP contribution in [0, 0.1) is 5.92 Å². The maximum atomic E-state index is 12.0. The quantitative estimate of drug-likeness (QED) is 0.529. The molecule has 0 radical (unpaired) electrons. The number of methoxy groups -OCH3 is 2. The maximum Gasteiger partial charge on any atom is 0.243 e. The van der Waals surface area contributed by atoms with Gasteiger partial charge in [0.2, 0.25) is 5.91 Å². The first-order chi connectivity index (χ1) is 13.4. The van der Waals surface area contributed by atoms with Crippen molar-refractivity contribution in [3.8, 4) is 11.5 Å². The van der Waals surface area contributed by atoms with Crippen LogP contribution in [0.5, 0.6) is 11.5 Å². The van der Waals surface area contributed by atoms with Crippen LogP contribution in [-0.2, 0) is 16.1 Å². The van der Waals surface area contributed by atoms with Crippen molar-refractivity contribution in [2.75, 3.05) is 61.7 Å². The zero-order valence-corrected chi connectivity index (χ0v) is 17.5. The molecule has 2 rings (SSSR count). The van der Waals surface area contributed by atoms with Gasteiger partial charge in [-0.15, -0.1) is 0 Å². The summed E-state index contributed by atoms with van der Waals surface area (Å²) < 4.78 is 16.2. The van der Waals surface area contributed by atoms with E-state index in [-0.39, 0.29) is 12.5 Å². The summed E-state index contributed by atoms with van der Waals surface area (Å²) in [6.07, 6.45) is 1.03. The first kappa shape index (κ1) is 21.8. The minimum absolute atomic E-state index is 0.0427. The van der Waals surface area contributed by atoms with Crippen LogP contribution < -0.4 is 14.8 Å². The van der Waals surface area contributed by atoms with E-state index in [0.717, 1.165) is 43.2 Å². The lowest BCUT2D eigenvalue weighted by Gasteiger charge is -2.25. The van der Waals surface area contributed by atoms with Gasteiger partial charge >= 0.3 is 0 Å². The first-order valence-corrected chi connectivity index (χ1v) is 9.42. The molecule has 0 spiro atoms. The van der Waals surface area contributed by atoms with E-state index in [4.69, 9.17) is 14.2 Å². The Bertz CT molecular complexity index is 672. The molecule has 1 saturated heterocycles. The second-order valence-corrected chi connectivity index (χ2v) is 7.07. The molecule has 8 nitrogen and oxygen atoms in total. The summed E-state index contributed by atoms with van der Waals surface area (Å²) in [6, 6.07) is 5.74. The normalized spacial score (nSPS) is 16.6. The fourth-order valence-electron chi connectivity index (χ4n) is 2.89. The fourth-order valence-corrected chi connectivity index (χ4v) is 2.89. The van der Waals surface area contributed by atoms with Gasteiger partial charge < -0.3 is 29.3 Å². The molecule has 1 fully saturated rings. The van der Waals surface area contributed by atoms with Crippen molar-refractivity contribution < 1.29 is 19.0 Å². The van der Waals surface area contributed by atoms with Crippen LogP contribution >= 0.6 is 0 Å². The summed E-state index contributed by atoms with van der Waals surface area (Å²) in [5.41, 5.74) is 1.00. The molecule has 0 bridgehead atoms. The molecule has 1 unspecified atom stereocenters. The molecule has 1 amide bonds. The Morgan fingerprint density at radius 1 is 1.29 bits per heavy atom. The number of carbonyl (C=O) groups excluding carboxylic acids is 1. The van der Waals surface area contributed by atoms with Crippen molar-refractivity contribution in [2.24, 2.45) is 10.9 Å². The van der Waals surface area contributed by atoms with Gasteiger partial charge in [-0.1, -0.05) is 0 Å². The number of carbonyl (C=O) groups is 1. The van der Waals surface area contributed by atoms with Gasteiger partial charge in [-0.3, -0.25) is 4.79 Å². The van der Waals surface area contributed by atoms with Gasteiger partial charge in [-0.05, 0) is 18.6 Å². The molecule has 8 heteroatoms. The number of nitrogens with one attached hydrogen (secondary N) is 1. The molecular formula is C20H32N4O4. The van der Waals surface area contributed by atoms with E-state index in [0.29, 0.717) is 18.4 Å². The van der Waals surface area contributed by atoms with E-state index >= 15 is 0 Å². The Morgan fingerprint density at radius 3 is 2.68 bits per heavy atom. The van der Waals surface area contributed by atoms with Gasteiger partial charge in [0.1, 0.15) is 18.0 Å². The lowest BCUT2D eigenvalue weighted by Crippen LogP contribution is -2.41. The zero-order chi connectivity index (χ0) is 20.5. The number of aliphatic imine (C=N–C) groups is 1. The summed E-state index contributed by atoms with van der Waals surface area (Å²) in [7, 11) is 8.67. The molecule has 1 aliphatic heterocycles. The van der Waals surface area contributed by atoms with Crippen molar-refractivity contribution >= 4 is 11.9 Å². The van der Waals surface area contributed by atoms with E-state index < -0.39 is 0 Å². The van der Waals surface area contributed by atoms with E-state index in [1.807, 2.05) is 30.1 Å². The average molecular weight is 393 g/mol. The predicted molar refractivity (Wildman–Crippen MR) is 109 cm³/mol. The van der Waals surface area contributed by atoms with E-state index in [1.54, 1.807) is 33.2 Å². The highest BCUT2D eigenvalue weighted by Gasteiger charge is 2.18. The van der Waals surface area contributed by atoms with Crippen LogP contribution in [0.25, 0.3) is 0 Å². The lowest BCUT2D eigenvalue weighted by molar-refractivity contribution is -0.127. The fraction of sp³-hybridized carbons (Fsp3) is 0.600. The van der Waals surface area contributed by atoms with E-state index in [1.165, 1.54) is 0 Å². The Morgan fingerprint density at radius 2 is 2.07 bits per heavy atom. The summed E-state index contributed by atoms with van der Waals surface area (Å²) >= 11 is 0. The highest BCUT2D eigenvalue weighted by atomic mass is 16.5. The largest absolute Gasteiger partial charge is 0.497 e. The van der Waals surface area contributed by atoms with Crippen LogP contribution in [0.15, 0.2) is 23.2 Å². The Hall–Kier alpha value is -2.48. The third-order valence-corrected chi connectivity index (χ3v) is 4.70. The van der Waals surface area contributed by atoms with Gasteiger partial charge in [0.25, 0.3) is 0 Å². The second-order valence-electron chi connectivity index (χ2n) is 7.07. The molecule has 1 heterocycles. The summed E-state index contributed by atoms with van der Waals surface area (Å²) in [5.74, 6) is 2.59. The van der Waals surface area contributed by atoms with Crippen LogP contribution in [0.1, 0.15) is 12.0 Å². The monoisotopic (exact) mass is 392 g/mol. The molecule has 1 aromatic rings. The predicted octanol–water partition coefficient (Wildman–Crippen LogP) is 1.21. The number of nitrogens with zero attached hydrogens (tertiary/aromatic N) is 3. The van der Waals surface area contributed by atoms with Crippen LogP contribution in [0.3, 0.4) is 0 Å². The Labute approximate surface area is 167 Å². The molecule has 1 atom stereocenters. The summed E-state index contributed by atoms with van der Waals surface area (Å²) in [5, 5.41) is 3.40. The zero-order valence-electron chi connectivity index (χ0n) is 17.5. The first-order valence-electron chi connectivity index (χ1n) is 9.42. The van der Waals surface area contributed by atoms with Crippen LogP contribution in [-0.4, -0.2) is 83.3 Å². The second kappa shape index (κ2) is 10.8. The number of amides is 1. The van der Waals surface area contributed by atoms with Gasteiger partial charge in [0, 0.05) is 58.4 Å². The van der Waals surface area contributed by atoms with Gasteiger partial charge in [-0.2, -0.15) is 0 Å². The van der Waals surface area contributed by atoms with Crippen LogP contribution in [0.4, 0.5) is 0 Å². The van der Waals surface area contributed by atoms with E-state index in [9.17, 15) is 4.79 Å². The van der Waals surface area contributed by atoms with Crippen molar-refractivity contribution in [1.82, 2.24) is 15.1 Å². The topological polar surface area (TPSA) is 75.6 Å². The van der Waals surface area contributed by atoms with Crippen molar-refractivity contribution in [3.63, 3.8) is 0 Å². The SMILES string of the molecule is COc1ccc(CN(C)C(=NCC(=O)N(C)C)NCC2CCOC2)c(OC)c1. The Kier molecular flexibility index (Phi) is 8.38. The molecular weight excluding hydrogens is 360 g/mol. The molecule has 0 aromatic heterocycles. The smallest absolute Gasteiger partial charge is 0.243 e. The van der Waals surface area contributed by atoms with Gasteiger partial charge in [-0.25, -0.2) is 4.99 Å². The van der Waals surface area contributed by atoms with Gasteiger partial charge in [0.15, 0.2) is 5.96 Å². The van der Waals surface area contributed by atoms with Gasteiger partial charge in [0.05, 0.1) is 20.8 Å². The molecule has 28 heavy (non-hydrogen) atoms. The highest BCUT2D eigenvalue weighted by Crippen LogP contribution is 2.25. The van der Waals surface area contributed by atoms with E-state index in [2.05, 4.69) is 10.3 Å². The number of hydrogen-bond acceptors (Lipinski definition) is 5. The van der Waals surface area contributed by atoms with Crippen molar-refractivity contribution in [1.29, 1.82) is 0 Å². The number of likely N-dealkylation sites (N-methyl/N-ethyl adjacent to an activating group) is 1. The summed E-state index contributed by atoms with van der Waals surface area (Å²) in [6.45, 7) is 3.00. The number of guanidine groups is 1. The third kappa shape index (κ3) is 6.30. The number of hydrogen-bond donors (Lipinski definition) is 1.